The van der Waals surface area contributed by atoms with Gasteiger partial charge in [-0.2, -0.15) is 5.10 Å². The maximum absolute atomic E-state index is 12.1. The number of nitrogen functional groups attached to an aromatic ring is 1. The maximum Gasteiger partial charge on any atom is 0.274 e. The topological polar surface area (TPSA) is 93.0 Å². The zero-order valence-corrected chi connectivity index (χ0v) is 10.4. The summed E-state index contributed by atoms with van der Waals surface area (Å²) < 4.78 is 5.41. The fourth-order valence-corrected chi connectivity index (χ4v) is 2.38. The Kier molecular flexibility index (Phi) is 2.74. The van der Waals surface area contributed by atoms with Crippen LogP contribution in [-0.2, 0) is 4.74 Å². The molecule has 1 aromatic heterocycles. The highest BCUT2D eigenvalue weighted by Gasteiger charge is 2.32. The molecule has 18 heavy (non-hydrogen) atoms. The third-order valence-corrected chi connectivity index (χ3v) is 3.73. The number of carbonyl (C=O) groups excluding carboxylic acids is 1. The number of aromatic amines is 1. The number of anilines is 1. The van der Waals surface area contributed by atoms with E-state index in [1.165, 1.54) is 0 Å². The monoisotopic (exact) mass is 250 g/mol. The highest BCUT2D eigenvalue weighted by Crippen LogP contribution is 2.42. The Morgan fingerprint density at radius 3 is 2.89 bits per heavy atom. The van der Waals surface area contributed by atoms with Gasteiger partial charge in [-0.15, -0.1) is 0 Å². The highest BCUT2D eigenvalue weighted by atomic mass is 16.5. The second-order valence-electron chi connectivity index (χ2n) is 5.12. The van der Waals surface area contributed by atoms with E-state index in [4.69, 9.17) is 10.5 Å². The number of hydrogen-bond acceptors (Lipinski definition) is 4. The van der Waals surface area contributed by atoms with E-state index >= 15 is 0 Å². The predicted octanol–water partition coefficient (Wildman–Crippen LogP) is 0.776. The van der Waals surface area contributed by atoms with Gasteiger partial charge in [-0.3, -0.25) is 9.89 Å². The van der Waals surface area contributed by atoms with Gasteiger partial charge in [0.05, 0.1) is 23.5 Å². The number of rotatable bonds is 3. The lowest BCUT2D eigenvalue weighted by molar-refractivity contribution is 0.0862. The molecule has 6 heteroatoms. The van der Waals surface area contributed by atoms with E-state index in [1.807, 2.05) is 6.92 Å². The molecule has 1 saturated carbocycles. The molecule has 0 radical (unpaired) electrons. The number of nitrogens with two attached hydrogens (primary N) is 1. The molecule has 2 fully saturated rings. The number of amides is 1. The fourth-order valence-electron chi connectivity index (χ4n) is 2.38. The van der Waals surface area contributed by atoms with Crippen LogP contribution in [0, 0.1) is 0 Å². The molecule has 1 saturated heterocycles. The number of nitrogens with zero attached hydrogens (tertiary/aromatic N) is 1. The molecular formula is C12H18N4O2. The van der Waals surface area contributed by atoms with Crippen LogP contribution in [0.15, 0.2) is 0 Å². The van der Waals surface area contributed by atoms with E-state index in [0.29, 0.717) is 23.9 Å². The van der Waals surface area contributed by atoms with Crippen LogP contribution in [0.1, 0.15) is 48.3 Å². The van der Waals surface area contributed by atoms with Gasteiger partial charge in [-0.05, 0) is 26.2 Å². The van der Waals surface area contributed by atoms with E-state index in [0.717, 1.165) is 25.0 Å². The Morgan fingerprint density at radius 2 is 2.28 bits per heavy atom. The standard InChI is InChI=1S/C12H18N4O2/c1-6-8(4-5-18-6)14-12(17)11-9(13)10(15-16-11)7-2-3-7/h6-8H,2-5,13H2,1H3,(H,14,17)(H,15,16). The third-order valence-electron chi connectivity index (χ3n) is 3.73. The Hall–Kier alpha value is -1.56. The number of nitrogens with one attached hydrogen (secondary N) is 2. The molecule has 2 aliphatic rings. The Bertz CT molecular complexity index is 467. The normalized spacial score (nSPS) is 27.4. The summed E-state index contributed by atoms with van der Waals surface area (Å²) in [7, 11) is 0. The van der Waals surface area contributed by atoms with E-state index < -0.39 is 0 Å². The second kappa shape index (κ2) is 4.28. The largest absolute Gasteiger partial charge is 0.395 e. The van der Waals surface area contributed by atoms with Crippen molar-refractivity contribution in [3.05, 3.63) is 11.4 Å². The highest BCUT2D eigenvalue weighted by molar-refractivity contribution is 5.98. The molecule has 1 amide bonds. The van der Waals surface area contributed by atoms with Crippen molar-refractivity contribution in [2.24, 2.45) is 0 Å². The summed E-state index contributed by atoms with van der Waals surface area (Å²) >= 11 is 0. The number of H-pyrrole nitrogens is 1. The maximum atomic E-state index is 12.1. The lowest BCUT2D eigenvalue weighted by Crippen LogP contribution is -2.39. The molecule has 0 aromatic carbocycles. The molecule has 2 heterocycles. The first-order valence-electron chi connectivity index (χ1n) is 6.43. The van der Waals surface area contributed by atoms with Crippen LogP contribution in [-0.4, -0.2) is 34.9 Å². The van der Waals surface area contributed by atoms with E-state index in [9.17, 15) is 4.79 Å². The zero-order valence-electron chi connectivity index (χ0n) is 10.4. The van der Waals surface area contributed by atoms with Gasteiger partial charge in [0, 0.05) is 12.5 Å². The van der Waals surface area contributed by atoms with E-state index in [-0.39, 0.29) is 18.1 Å². The third kappa shape index (κ3) is 1.96. The first-order valence-corrected chi connectivity index (χ1v) is 6.43. The minimum absolute atomic E-state index is 0.0528. The first kappa shape index (κ1) is 11.5. The van der Waals surface area contributed by atoms with Crippen LogP contribution in [0.2, 0.25) is 0 Å². The van der Waals surface area contributed by atoms with Gasteiger partial charge in [0.2, 0.25) is 0 Å². The quantitative estimate of drug-likeness (QED) is 0.739. The van der Waals surface area contributed by atoms with Gasteiger partial charge in [0.1, 0.15) is 0 Å². The summed E-state index contributed by atoms with van der Waals surface area (Å²) in [6.07, 6.45) is 3.14. The summed E-state index contributed by atoms with van der Waals surface area (Å²) in [5.74, 6) is 0.255. The van der Waals surface area contributed by atoms with Crippen LogP contribution in [0.3, 0.4) is 0 Å². The van der Waals surface area contributed by atoms with Gasteiger partial charge in [-0.1, -0.05) is 0 Å². The summed E-state index contributed by atoms with van der Waals surface area (Å²) in [6, 6.07) is 0.0537. The molecule has 98 valence electrons. The summed E-state index contributed by atoms with van der Waals surface area (Å²) in [5.41, 5.74) is 7.70. The Balaban J connectivity index is 1.71. The summed E-state index contributed by atoms with van der Waals surface area (Å²) in [5, 5.41) is 9.86. The average Bonchev–Trinajstić information content (AvgIpc) is 3.00. The summed E-state index contributed by atoms with van der Waals surface area (Å²) in [6.45, 7) is 2.65. The van der Waals surface area contributed by atoms with Crippen LogP contribution in [0.4, 0.5) is 5.69 Å². The second-order valence-corrected chi connectivity index (χ2v) is 5.12. The van der Waals surface area contributed by atoms with Gasteiger partial charge < -0.3 is 15.8 Å². The molecule has 0 bridgehead atoms. The number of aromatic nitrogens is 2. The van der Waals surface area contributed by atoms with Gasteiger partial charge in [0.25, 0.3) is 5.91 Å². The van der Waals surface area contributed by atoms with Gasteiger partial charge in [0.15, 0.2) is 5.69 Å². The van der Waals surface area contributed by atoms with E-state index in [2.05, 4.69) is 15.5 Å². The van der Waals surface area contributed by atoms with Crippen molar-refractivity contribution in [3.63, 3.8) is 0 Å². The molecule has 3 rings (SSSR count). The van der Waals surface area contributed by atoms with E-state index in [1.54, 1.807) is 0 Å². The average molecular weight is 250 g/mol. The molecule has 1 aromatic rings. The van der Waals surface area contributed by atoms with Crippen molar-refractivity contribution in [2.45, 2.75) is 44.2 Å². The van der Waals surface area contributed by atoms with Crippen molar-refractivity contribution in [3.8, 4) is 0 Å². The molecule has 6 nitrogen and oxygen atoms in total. The molecule has 4 N–H and O–H groups in total. The molecule has 0 spiro atoms. The lowest BCUT2D eigenvalue weighted by Gasteiger charge is -2.15. The van der Waals surface area contributed by atoms with Crippen molar-refractivity contribution in [2.75, 3.05) is 12.3 Å². The van der Waals surface area contributed by atoms with Crippen molar-refractivity contribution in [1.29, 1.82) is 0 Å². The number of ether oxygens (including phenoxy) is 1. The van der Waals surface area contributed by atoms with Crippen molar-refractivity contribution < 1.29 is 9.53 Å². The van der Waals surface area contributed by atoms with Gasteiger partial charge >= 0.3 is 0 Å². The Morgan fingerprint density at radius 1 is 1.50 bits per heavy atom. The van der Waals surface area contributed by atoms with Crippen LogP contribution in [0.5, 0.6) is 0 Å². The number of carbonyl (C=O) groups is 1. The van der Waals surface area contributed by atoms with Crippen molar-refractivity contribution >= 4 is 11.6 Å². The molecule has 1 aliphatic heterocycles. The zero-order chi connectivity index (χ0) is 12.7. The Labute approximate surface area is 105 Å². The van der Waals surface area contributed by atoms with Gasteiger partial charge in [-0.25, -0.2) is 0 Å². The summed E-state index contributed by atoms with van der Waals surface area (Å²) in [4.78, 5) is 12.1. The minimum Gasteiger partial charge on any atom is -0.395 e. The smallest absolute Gasteiger partial charge is 0.274 e. The van der Waals surface area contributed by atoms with Crippen LogP contribution in [0.25, 0.3) is 0 Å². The molecule has 1 aliphatic carbocycles. The molecule has 2 atom stereocenters. The predicted molar refractivity (Wildman–Crippen MR) is 66.3 cm³/mol. The van der Waals surface area contributed by atoms with Crippen LogP contribution < -0.4 is 11.1 Å². The van der Waals surface area contributed by atoms with Crippen molar-refractivity contribution in [1.82, 2.24) is 15.5 Å². The SMILES string of the molecule is CC1OCCC1NC(=O)c1n[nH]c(C2CC2)c1N. The number of hydrogen-bond donors (Lipinski definition) is 3. The molecular weight excluding hydrogens is 232 g/mol. The van der Waals surface area contributed by atoms with Crippen LogP contribution >= 0.6 is 0 Å². The minimum atomic E-state index is -0.210. The first-order chi connectivity index (χ1) is 8.66. The lowest BCUT2D eigenvalue weighted by atomic mass is 10.1. The molecule has 2 unspecified atom stereocenters. The fraction of sp³-hybridized carbons (Fsp3) is 0.667.